The number of halogens is 4. The number of nitrogens with zero attached hydrogens (tertiary/aromatic N) is 1. The quantitative estimate of drug-likeness (QED) is 0.442. The summed E-state index contributed by atoms with van der Waals surface area (Å²) in [6.07, 6.45) is 1.54. The van der Waals surface area contributed by atoms with Gasteiger partial charge >= 0.3 is 0 Å². The Morgan fingerprint density at radius 3 is 1.76 bits per heavy atom. The van der Waals surface area contributed by atoms with Crippen molar-refractivity contribution < 1.29 is 28.1 Å². The second kappa shape index (κ2) is 14.6. The zero-order valence-corrected chi connectivity index (χ0v) is 24.7. The average molecular weight is 630 g/mol. The van der Waals surface area contributed by atoms with Crippen LogP contribution in [0, 0.1) is 0 Å². The van der Waals surface area contributed by atoms with E-state index < -0.39 is 28.3 Å². The molecule has 0 amide bonds. The van der Waals surface area contributed by atoms with Crippen molar-refractivity contribution in [2.24, 2.45) is 0 Å². The third-order valence-electron chi connectivity index (χ3n) is 6.24. The normalized spacial score (nSPS) is 24.9. The number of rotatable bonds is 5. The molecular formula is C25H32Cl4N2O6S. The fourth-order valence-corrected chi connectivity index (χ4v) is 5.54. The molecule has 2 aliphatic heterocycles. The Morgan fingerprint density at radius 1 is 0.763 bits per heavy atom. The topological polar surface area (TPSA) is 108 Å². The lowest BCUT2D eigenvalue weighted by atomic mass is 10.1. The molecule has 4 atom stereocenters. The minimum absolute atomic E-state index is 0.192. The van der Waals surface area contributed by atoms with Crippen LogP contribution >= 0.6 is 46.4 Å². The van der Waals surface area contributed by atoms with E-state index in [-0.39, 0.29) is 6.10 Å². The molecule has 2 heterocycles. The van der Waals surface area contributed by atoms with Gasteiger partial charge in [-0.3, -0.25) is 0 Å². The van der Waals surface area contributed by atoms with E-state index in [1.807, 2.05) is 0 Å². The molecule has 2 saturated heterocycles. The molecule has 2 fully saturated rings. The third kappa shape index (κ3) is 9.57. The van der Waals surface area contributed by atoms with Gasteiger partial charge in [0.15, 0.2) is 0 Å². The fourth-order valence-electron chi connectivity index (χ4n) is 4.09. The van der Waals surface area contributed by atoms with Gasteiger partial charge in [-0.25, -0.2) is 12.7 Å². The van der Waals surface area contributed by atoms with Crippen LogP contribution in [0.3, 0.4) is 0 Å². The molecule has 0 unspecified atom stereocenters. The molecule has 8 nitrogen and oxygen atoms in total. The lowest BCUT2D eigenvalue weighted by Crippen LogP contribution is -2.32. The van der Waals surface area contributed by atoms with Crippen molar-refractivity contribution in [3.63, 3.8) is 0 Å². The van der Waals surface area contributed by atoms with E-state index in [0.717, 1.165) is 19.5 Å². The van der Waals surface area contributed by atoms with Gasteiger partial charge in [0.25, 0.3) is 0 Å². The molecule has 2 aromatic rings. The van der Waals surface area contributed by atoms with Gasteiger partial charge in [-0.1, -0.05) is 46.4 Å². The maximum absolute atomic E-state index is 11.6. The first-order chi connectivity index (χ1) is 17.9. The Balaban J connectivity index is 0.000000215. The van der Waals surface area contributed by atoms with Crippen molar-refractivity contribution in [2.75, 3.05) is 32.4 Å². The number of nitrogens with one attached hydrogen (secondary N) is 1. The second-order valence-corrected chi connectivity index (χ2v) is 12.8. The highest BCUT2D eigenvalue weighted by molar-refractivity contribution is 7.88. The van der Waals surface area contributed by atoms with Crippen molar-refractivity contribution in [2.45, 2.75) is 50.1 Å². The SMILES string of the molecule is CS(=O)(=O)N1CC[C@@H](O)[C@H](Oc2ccc(Cl)c(Cl)c2)CC1.O[C@@H]1CCNCC[C@H]1Oc1ccc(Cl)c(Cl)c1. The fraction of sp³-hybridized carbons (Fsp3) is 0.520. The first-order valence-electron chi connectivity index (χ1n) is 12.2. The zero-order chi connectivity index (χ0) is 27.9. The van der Waals surface area contributed by atoms with Gasteiger partial charge < -0.3 is 25.0 Å². The smallest absolute Gasteiger partial charge is 0.211 e. The Kier molecular flexibility index (Phi) is 12.1. The van der Waals surface area contributed by atoms with Crippen molar-refractivity contribution >= 4 is 56.4 Å². The number of sulfonamides is 1. The summed E-state index contributed by atoms with van der Waals surface area (Å²) in [6.45, 7) is 2.29. The van der Waals surface area contributed by atoms with Gasteiger partial charge in [-0.05, 0) is 56.6 Å². The van der Waals surface area contributed by atoms with E-state index in [9.17, 15) is 18.6 Å². The first kappa shape index (κ1) is 31.5. The summed E-state index contributed by atoms with van der Waals surface area (Å²) in [4.78, 5) is 0. The molecule has 212 valence electrons. The minimum atomic E-state index is -3.25. The Hall–Kier alpha value is -1.01. The molecule has 0 aromatic heterocycles. The molecule has 0 aliphatic carbocycles. The lowest BCUT2D eigenvalue weighted by molar-refractivity contribution is 0.0350. The van der Waals surface area contributed by atoms with Crippen LogP contribution in [0.25, 0.3) is 0 Å². The Bertz CT molecular complexity index is 1170. The minimum Gasteiger partial charge on any atom is -0.488 e. The van der Waals surface area contributed by atoms with Gasteiger partial charge in [-0.2, -0.15) is 0 Å². The van der Waals surface area contributed by atoms with Crippen LogP contribution in [0.2, 0.25) is 20.1 Å². The number of ether oxygens (including phenoxy) is 2. The monoisotopic (exact) mass is 628 g/mol. The predicted molar refractivity (Wildman–Crippen MR) is 152 cm³/mol. The van der Waals surface area contributed by atoms with E-state index in [2.05, 4.69) is 5.32 Å². The van der Waals surface area contributed by atoms with Crippen molar-refractivity contribution in [1.29, 1.82) is 0 Å². The molecule has 13 heteroatoms. The molecule has 0 saturated carbocycles. The molecule has 4 rings (SSSR count). The van der Waals surface area contributed by atoms with Crippen molar-refractivity contribution in [1.82, 2.24) is 9.62 Å². The largest absolute Gasteiger partial charge is 0.488 e. The second-order valence-electron chi connectivity index (χ2n) is 9.17. The summed E-state index contributed by atoms with van der Waals surface area (Å²) in [5.41, 5.74) is 0. The number of hydrogen-bond acceptors (Lipinski definition) is 7. The number of aliphatic hydroxyl groups is 2. The number of aliphatic hydroxyl groups excluding tert-OH is 2. The highest BCUT2D eigenvalue weighted by atomic mass is 35.5. The zero-order valence-electron chi connectivity index (χ0n) is 20.8. The molecular weight excluding hydrogens is 598 g/mol. The van der Waals surface area contributed by atoms with Gasteiger partial charge in [0, 0.05) is 31.6 Å². The van der Waals surface area contributed by atoms with E-state index in [4.69, 9.17) is 55.9 Å². The third-order valence-corrected chi connectivity index (χ3v) is 9.03. The van der Waals surface area contributed by atoms with Gasteiger partial charge in [0.2, 0.25) is 10.0 Å². The maximum Gasteiger partial charge on any atom is 0.211 e. The summed E-state index contributed by atoms with van der Waals surface area (Å²) < 4.78 is 36.0. The van der Waals surface area contributed by atoms with Crippen LogP contribution in [0.4, 0.5) is 0 Å². The highest BCUT2D eigenvalue weighted by Crippen LogP contribution is 2.29. The summed E-state index contributed by atoms with van der Waals surface area (Å²) in [7, 11) is -3.25. The van der Waals surface area contributed by atoms with Crippen LogP contribution in [-0.2, 0) is 10.0 Å². The number of hydrogen-bond donors (Lipinski definition) is 3. The van der Waals surface area contributed by atoms with Crippen LogP contribution in [0.1, 0.15) is 25.7 Å². The summed E-state index contributed by atoms with van der Waals surface area (Å²) in [6, 6.07) is 10.00. The van der Waals surface area contributed by atoms with Crippen LogP contribution < -0.4 is 14.8 Å². The molecule has 0 radical (unpaired) electrons. The summed E-state index contributed by atoms with van der Waals surface area (Å²) in [5, 5.41) is 25.0. The maximum atomic E-state index is 11.6. The van der Waals surface area contributed by atoms with Crippen LogP contribution in [0.5, 0.6) is 11.5 Å². The predicted octanol–water partition coefficient (Wildman–Crippen LogP) is 4.64. The van der Waals surface area contributed by atoms with Crippen LogP contribution in [0.15, 0.2) is 36.4 Å². The molecule has 38 heavy (non-hydrogen) atoms. The number of benzene rings is 2. The Morgan fingerprint density at radius 2 is 1.24 bits per heavy atom. The molecule has 2 aromatic carbocycles. The molecule has 3 N–H and O–H groups in total. The summed E-state index contributed by atoms with van der Waals surface area (Å²) in [5.74, 6) is 1.15. The van der Waals surface area contributed by atoms with Gasteiger partial charge in [-0.15, -0.1) is 0 Å². The molecule has 0 bridgehead atoms. The lowest BCUT2D eigenvalue weighted by Gasteiger charge is -2.21. The van der Waals surface area contributed by atoms with Crippen LogP contribution in [-0.4, -0.2) is 79.8 Å². The van der Waals surface area contributed by atoms with Gasteiger partial charge in [0.1, 0.15) is 23.7 Å². The van der Waals surface area contributed by atoms with Crippen molar-refractivity contribution in [3.05, 3.63) is 56.5 Å². The molecule has 2 aliphatic rings. The van der Waals surface area contributed by atoms with E-state index >= 15 is 0 Å². The highest BCUT2D eigenvalue weighted by Gasteiger charge is 2.30. The average Bonchev–Trinajstić information content (AvgIpc) is 3.17. The van der Waals surface area contributed by atoms with Crippen molar-refractivity contribution in [3.8, 4) is 11.5 Å². The standard InChI is InChI=1S/C13H17Cl2NO4S.C12H15Cl2NO2/c1-21(18,19)16-6-4-12(17)13(5-7-16)20-9-2-3-10(14)11(15)8-9;13-9-2-1-8(7-10(9)14)17-12-4-6-15-5-3-11(12)16/h2-3,8,12-13,17H,4-7H2,1H3;1-2,7,11-12,15-16H,3-6H2/t12-,13-;11-,12-/m11/s1. The first-order valence-corrected chi connectivity index (χ1v) is 15.6. The van der Waals surface area contributed by atoms with Gasteiger partial charge in [0.05, 0.1) is 38.6 Å². The van der Waals surface area contributed by atoms with E-state index in [1.165, 1.54) is 10.6 Å². The molecule has 0 spiro atoms. The Labute approximate surface area is 243 Å². The summed E-state index contributed by atoms with van der Waals surface area (Å²) >= 11 is 23.5. The van der Waals surface area contributed by atoms with E-state index in [0.29, 0.717) is 63.9 Å². The van der Waals surface area contributed by atoms with E-state index in [1.54, 1.807) is 36.4 Å².